The van der Waals surface area contributed by atoms with E-state index in [9.17, 15) is 13.2 Å². The molecule has 2 aromatic heterocycles. The number of rotatable bonds is 9. The second-order valence-corrected chi connectivity index (χ2v) is 8.48. The van der Waals surface area contributed by atoms with Gasteiger partial charge in [-0.25, -0.2) is 18.4 Å². The zero-order valence-electron chi connectivity index (χ0n) is 17.6. The van der Waals surface area contributed by atoms with E-state index in [2.05, 4.69) is 31.1 Å². The number of amides is 1. The van der Waals surface area contributed by atoms with Gasteiger partial charge < -0.3 is 11.1 Å². The van der Waals surface area contributed by atoms with Crippen molar-refractivity contribution in [1.29, 1.82) is 0 Å². The van der Waals surface area contributed by atoms with Crippen molar-refractivity contribution in [1.82, 2.24) is 24.7 Å². The number of hydrazine groups is 1. The number of hydrogen-bond acceptors (Lipinski definition) is 9. The molecule has 1 aromatic carbocycles. The minimum atomic E-state index is -3.54. The van der Waals surface area contributed by atoms with Crippen molar-refractivity contribution in [2.24, 2.45) is 0 Å². The maximum absolute atomic E-state index is 12.6. The normalized spacial score (nSPS) is 11.2. The molecular weight excluding hydrogens is 432 g/mol. The highest BCUT2D eigenvalue weighted by Crippen LogP contribution is 2.26. The highest BCUT2D eigenvalue weighted by molar-refractivity contribution is 7.89. The highest BCUT2D eigenvalue weighted by atomic mass is 32.2. The van der Waals surface area contributed by atoms with Crippen LogP contribution in [0.3, 0.4) is 0 Å². The summed E-state index contributed by atoms with van der Waals surface area (Å²) in [4.78, 5) is 24.4. The number of anilines is 4. The molecule has 3 aromatic rings. The van der Waals surface area contributed by atoms with Gasteiger partial charge in [-0.15, -0.1) is 0 Å². The Hall–Kier alpha value is -3.77. The fraction of sp³-hybridized carbons (Fsp3) is 0.200. The van der Waals surface area contributed by atoms with Crippen molar-refractivity contribution < 1.29 is 13.2 Å². The van der Waals surface area contributed by atoms with E-state index in [1.54, 1.807) is 44.3 Å². The van der Waals surface area contributed by atoms with Crippen LogP contribution in [-0.2, 0) is 10.0 Å². The third kappa shape index (κ3) is 5.10. The lowest BCUT2D eigenvalue weighted by atomic mass is 10.3. The molecule has 0 bridgehead atoms. The summed E-state index contributed by atoms with van der Waals surface area (Å²) in [6, 6.07) is 9.53. The van der Waals surface area contributed by atoms with Crippen LogP contribution in [0.25, 0.3) is 0 Å². The number of aromatic nitrogens is 3. The first-order valence-electron chi connectivity index (χ1n) is 9.80. The second kappa shape index (κ2) is 10.0. The van der Waals surface area contributed by atoms with Crippen LogP contribution < -0.4 is 21.9 Å². The molecule has 0 saturated carbocycles. The number of carbonyl (C=O) groups is 1. The Kier molecular flexibility index (Phi) is 7.18. The first kappa shape index (κ1) is 22.9. The maximum atomic E-state index is 12.6. The van der Waals surface area contributed by atoms with Crippen LogP contribution in [0.1, 0.15) is 24.2 Å². The van der Waals surface area contributed by atoms with Gasteiger partial charge in [0.1, 0.15) is 12.0 Å². The van der Waals surface area contributed by atoms with Crippen molar-refractivity contribution >= 4 is 38.9 Å². The van der Waals surface area contributed by atoms with Gasteiger partial charge in [0.2, 0.25) is 10.0 Å². The molecule has 0 spiro atoms. The molecule has 1 amide bonds. The SMILES string of the molecule is CCN(CC)S(=O)(=O)c1ccc(Nc2ncnc(NNC(=O)c3cccnc3)c2N)cc1. The Morgan fingerprint density at radius 1 is 1.06 bits per heavy atom. The molecule has 2 heterocycles. The molecule has 0 aliphatic carbocycles. The molecule has 11 nitrogen and oxygen atoms in total. The van der Waals surface area contributed by atoms with Gasteiger partial charge in [-0.1, -0.05) is 13.8 Å². The predicted octanol–water partition coefficient (Wildman–Crippen LogP) is 1.98. The zero-order chi connectivity index (χ0) is 23.1. The Morgan fingerprint density at radius 3 is 2.38 bits per heavy atom. The highest BCUT2D eigenvalue weighted by Gasteiger charge is 2.21. The van der Waals surface area contributed by atoms with Gasteiger partial charge in [0.25, 0.3) is 5.91 Å². The third-order valence-corrected chi connectivity index (χ3v) is 6.63. The van der Waals surface area contributed by atoms with E-state index >= 15 is 0 Å². The van der Waals surface area contributed by atoms with Crippen LogP contribution in [0.4, 0.5) is 23.0 Å². The molecule has 0 atom stereocenters. The van der Waals surface area contributed by atoms with Gasteiger partial charge in [0, 0.05) is 31.2 Å². The smallest absolute Gasteiger partial charge is 0.271 e. The molecule has 12 heteroatoms. The quantitative estimate of drug-likeness (QED) is 0.354. The molecule has 0 unspecified atom stereocenters. The standard InChI is InChI=1S/C20H24N8O3S/c1-3-28(4-2)32(30,31)16-9-7-15(8-10-16)25-18-17(21)19(24-13-23-18)26-27-20(29)14-6-5-11-22-12-14/h5-13H,3-4,21H2,1-2H3,(H,27,29)(H2,23,24,25,26). The summed E-state index contributed by atoms with van der Waals surface area (Å²) in [5.74, 6) is 0.0774. The van der Waals surface area contributed by atoms with Crippen LogP contribution in [-0.4, -0.2) is 46.7 Å². The summed E-state index contributed by atoms with van der Waals surface area (Å²) in [5, 5.41) is 3.02. The third-order valence-electron chi connectivity index (χ3n) is 4.56. The lowest BCUT2D eigenvalue weighted by Crippen LogP contribution is -2.30. The van der Waals surface area contributed by atoms with Crippen molar-refractivity contribution in [3.63, 3.8) is 0 Å². The van der Waals surface area contributed by atoms with Crippen LogP contribution in [0.2, 0.25) is 0 Å². The molecule has 0 saturated heterocycles. The van der Waals surface area contributed by atoms with Crippen LogP contribution in [0, 0.1) is 0 Å². The summed E-state index contributed by atoms with van der Waals surface area (Å²) in [5.41, 5.74) is 12.4. The van der Waals surface area contributed by atoms with Gasteiger partial charge in [0.15, 0.2) is 11.6 Å². The lowest BCUT2D eigenvalue weighted by molar-refractivity contribution is 0.0962. The van der Waals surface area contributed by atoms with E-state index in [-0.39, 0.29) is 22.2 Å². The van der Waals surface area contributed by atoms with Gasteiger partial charge >= 0.3 is 0 Å². The Balaban J connectivity index is 1.71. The van der Waals surface area contributed by atoms with Crippen molar-refractivity contribution in [3.8, 4) is 0 Å². The summed E-state index contributed by atoms with van der Waals surface area (Å²) >= 11 is 0. The number of benzene rings is 1. The summed E-state index contributed by atoms with van der Waals surface area (Å²) in [7, 11) is -3.54. The lowest BCUT2D eigenvalue weighted by Gasteiger charge is -2.18. The molecule has 0 aliphatic rings. The Morgan fingerprint density at radius 2 is 1.75 bits per heavy atom. The largest absolute Gasteiger partial charge is 0.393 e. The number of nitrogen functional groups attached to an aromatic ring is 1. The number of pyridine rings is 1. The minimum Gasteiger partial charge on any atom is -0.393 e. The van der Waals surface area contributed by atoms with Crippen molar-refractivity contribution in [2.45, 2.75) is 18.7 Å². The van der Waals surface area contributed by atoms with Crippen LogP contribution >= 0.6 is 0 Å². The van der Waals surface area contributed by atoms with E-state index in [0.717, 1.165) is 0 Å². The predicted molar refractivity (Wildman–Crippen MR) is 122 cm³/mol. The first-order chi connectivity index (χ1) is 15.4. The molecule has 168 valence electrons. The number of carbonyl (C=O) groups excluding carboxylic acids is 1. The molecule has 3 rings (SSSR count). The molecule has 0 aliphatic heterocycles. The summed E-state index contributed by atoms with van der Waals surface area (Å²) in [6.07, 6.45) is 4.27. The summed E-state index contributed by atoms with van der Waals surface area (Å²) in [6.45, 7) is 4.37. The minimum absolute atomic E-state index is 0.166. The van der Waals surface area contributed by atoms with Crippen LogP contribution in [0.15, 0.2) is 60.0 Å². The summed E-state index contributed by atoms with van der Waals surface area (Å²) < 4.78 is 26.6. The number of nitrogens with one attached hydrogen (secondary N) is 3. The monoisotopic (exact) mass is 456 g/mol. The average molecular weight is 457 g/mol. The number of sulfonamides is 1. The Bertz CT molecular complexity index is 1170. The first-order valence-corrected chi connectivity index (χ1v) is 11.2. The van der Waals surface area contributed by atoms with Crippen LogP contribution in [0.5, 0.6) is 0 Å². The molecule has 0 radical (unpaired) electrons. The molecule has 0 fully saturated rings. The van der Waals surface area contributed by atoms with E-state index in [1.165, 1.54) is 29.0 Å². The van der Waals surface area contributed by atoms with E-state index in [1.807, 2.05) is 0 Å². The Labute approximate surface area is 186 Å². The molecular formula is C20H24N8O3S. The van der Waals surface area contributed by atoms with E-state index in [4.69, 9.17) is 5.73 Å². The maximum Gasteiger partial charge on any atom is 0.271 e. The van der Waals surface area contributed by atoms with Gasteiger partial charge in [-0.05, 0) is 36.4 Å². The fourth-order valence-corrected chi connectivity index (χ4v) is 4.30. The van der Waals surface area contributed by atoms with Gasteiger partial charge in [-0.2, -0.15) is 4.31 Å². The number of nitrogens with zero attached hydrogens (tertiary/aromatic N) is 4. The molecule has 5 N–H and O–H groups in total. The zero-order valence-corrected chi connectivity index (χ0v) is 18.4. The second-order valence-electron chi connectivity index (χ2n) is 6.54. The average Bonchev–Trinajstić information content (AvgIpc) is 2.81. The van der Waals surface area contributed by atoms with Crippen molar-refractivity contribution in [2.75, 3.05) is 29.6 Å². The van der Waals surface area contributed by atoms with Gasteiger partial charge in [-0.3, -0.25) is 20.6 Å². The van der Waals surface area contributed by atoms with E-state index < -0.39 is 15.9 Å². The fourth-order valence-electron chi connectivity index (χ4n) is 2.84. The topological polar surface area (TPSA) is 155 Å². The molecule has 32 heavy (non-hydrogen) atoms. The van der Waals surface area contributed by atoms with Crippen molar-refractivity contribution in [3.05, 3.63) is 60.7 Å². The van der Waals surface area contributed by atoms with E-state index in [0.29, 0.717) is 24.3 Å². The number of hydrogen-bond donors (Lipinski definition) is 4. The number of nitrogens with two attached hydrogens (primary N) is 1. The van der Waals surface area contributed by atoms with Gasteiger partial charge in [0.05, 0.1) is 10.5 Å².